The molecule has 0 bridgehead atoms. The average Bonchev–Trinajstić information content (AvgIpc) is 3.15. The smallest absolute Gasteiger partial charge is 0.102 e. The van der Waals surface area contributed by atoms with Crippen LogP contribution in [0.3, 0.4) is 0 Å². The molecule has 0 aliphatic rings. The molecule has 3 aromatic heterocycles. The molecule has 0 aliphatic carbocycles. The van der Waals surface area contributed by atoms with Gasteiger partial charge in [-0.3, -0.25) is 0 Å². The maximum Gasteiger partial charge on any atom is 0.102 e. The summed E-state index contributed by atoms with van der Waals surface area (Å²) in [4.78, 5) is 6.35. The average molecular weight is 326 g/mol. The standard InChI is InChI=1S/C16H10N2S3/c1-9-3-5-13(19-9)15-11(7-17)12(8-18)16(21-15)14-6-4-10(2)20-14/h3-6H,1-2H3. The Morgan fingerprint density at radius 2 is 1.14 bits per heavy atom. The summed E-state index contributed by atoms with van der Waals surface area (Å²) in [6, 6.07) is 12.6. The van der Waals surface area contributed by atoms with E-state index in [1.54, 1.807) is 34.0 Å². The van der Waals surface area contributed by atoms with Crippen molar-refractivity contribution >= 4 is 34.0 Å². The van der Waals surface area contributed by atoms with Crippen LogP contribution in [0.25, 0.3) is 19.5 Å². The lowest BCUT2D eigenvalue weighted by Gasteiger charge is -1.91. The van der Waals surface area contributed by atoms with Gasteiger partial charge >= 0.3 is 0 Å². The van der Waals surface area contributed by atoms with Gasteiger partial charge in [0.05, 0.1) is 20.9 Å². The molecule has 0 amide bonds. The van der Waals surface area contributed by atoms with Gasteiger partial charge in [-0.2, -0.15) is 10.5 Å². The molecule has 0 fully saturated rings. The molecule has 0 saturated carbocycles. The number of thiophene rings is 3. The van der Waals surface area contributed by atoms with E-state index in [0.717, 1.165) is 19.5 Å². The highest BCUT2D eigenvalue weighted by atomic mass is 32.1. The zero-order chi connectivity index (χ0) is 15.0. The third-order valence-corrected chi connectivity index (χ3v) is 6.61. The number of nitriles is 2. The van der Waals surface area contributed by atoms with Gasteiger partial charge in [-0.05, 0) is 38.1 Å². The minimum absolute atomic E-state index is 0.505. The first kappa shape index (κ1) is 14.0. The Hall–Kier alpha value is -1.92. The van der Waals surface area contributed by atoms with Gasteiger partial charge in [-0.25, -0.2) is 0 Å². The van der Waals surface area contributed by atoms with Crippen LogP contribution in [-0.2, 0) is 0 Å². The summed E-state index contributed by atoms with van der Waals surface area (Å²) in [5.41, 5.74) is 1.01. The molecule has 3 aromatic rings. The SMILES string of the molecule is Cc1ccc(-c2sc(-c3ccc(C)s3)c(C#N)c2C#N)s1. The van der Waals surface area contributed by atoms with Gasteiger partial charge in [-0.15, -0.1) is 34.0 Å². The normalized spacial score (nSPS) is 10.3. The van der Waals surface area contributed by atoms with Crippen LogP contribution in [0.1, 0.15) is 20.9 Å². The van der Waals surface area contributed by atoms with Crippen molar-refractivity contribution < 1.29 is 0 Å². The van der Waals surface area contributed by atoms with E-state index in [1.165, 1.54) is 9.75 Å². The monoisotopic (exact) mass is 326 g/mol. The van der Waals surface area contributed by atoms with Gasteiger partial charge in [0.1, 0.15) is 12.1 Å². The fourth-order valence-corrected chi connectivity index (χ4v) is 5.27. The van der Waals surface area contributed by atoms with Crippen LogP contribution in [0.5, 0.6) is 0 Å². The molecule has 0 unspecified atom stereocenters. The summed E-state index contributed by atoms with van der Waals surface area (Å²) in [6.07, 6.45) is 0. The maximum absolute atomic E-state index is 9.48. The number of aryl methyl sites for hydroxylation is 2. The summed E-state index contributed by atoms with van der Waals surface area (Å²) in [5.74, 6) is 0. The highest BCUT2D eigenvalue weighted by Gasteiger charge is 2.22. The van der Waals surface area contributed by atoms with E-state index >= 15 is 0 Å². The van der Waals surface area contributed by atoms with Crippen LogP contribution >= 0.6 is 34.0 Å². The van der Waals surface area contributed by atoms with Crippen molar-refractivity contribution in [2.45, 2.75) is 13.8 Å². The number of rotatable bonds is 2. The van der Waals surface area contributed by atoms with E-state index < -0.39 is 0 Å². The first-order valence-corrected chi connectivity index (χ1v) is 8.69. The quantitative estimate of drug-likeness (QED) is 0.618. The number of nitrogens with zero attached hydrogens (tertiary/aromatic N) is 2. The van der Waals surface area contributed by atoms with Crippen molar-refractivity contribution in [1.82, 2.24) is 0 Å². The van der Waals surface area contributed by atoms with E-state index in [2.05, 4.69) is 12.1 Å². The predicted octanol–water partition coefficient (Wildman–Crippen LogP) is 5.57. The largest absolute Gasteiger partial charge is 0.192 e. The van der Waals surface area contributed by atoms with Crippen LogP contribution in [0, 0.1) is 36.5 Å². The number of hydrogen-bond donors (Lipinski definition) is 0. The molecular formula is C16H10N2S3. The Kier molecular flexibility index (Phi) is 3.65. The molecule has 3 heterocycles. The molecule has 102 valence electrons. The maximum atomic E-state index is 9.48. The van der Waals surface area contributed by atoms with Crippen molar-refractivity contribution in [3.05, 3.63) is 45.1 Å². The second-order valence-corrected chi connectivity index (χ2v) is 8.15. The van der Waals surface area contributed by atoms with Gasteiger partial charge in [0.25, 0.3) is 0 Å². The third-order valence-electron chi connectivity index (χ3n) is 3.06. The molecule has 5 heteroatoms. The van der Waals surface area contributed by atoms with Crippen molar-refractivity contribution in [3.8, 4) is 31.6 Å². The van der Waals surface area contributed by atoms with Crippen LogP contribution in [0.2, 0.25) is 0 Å². The lowest BCUT2D eigenvalue weighted by atomic mass is 10.1. The Labute approximate surface area is 135 Å². The summed E-state index contributed by atoms with van der Waals surface area (Å²) >= 11 is 4.86. The Morgan fingerprint density at radius 3 is 1.43 bits per heavy atom. The molecule has 3 rings (SSSR count). The van der Waals surface area contributed by atoms with E-state index in [0.29, 0.717) is 11.1 Å². The Bertz CT molecular complexity index is 824. The molecule has 0 atom stereocenters. The Balaban J connectivity index is 2.26. The molecular weight excluding hydrogens is 316 g/mol. The predicted molar refractivity (Wildman–Crippen MR) is 89.8 cm³/mol. The zero-order valence-corrected chi connectivity index (χ0v) is 13.9. The van der Waals surface area contributed by atoms with Crippen molar-refractivity contribution in [3.63, 3.8) is 0 Å². The summed E-state index contributed by atoms with van der Waals surface area (Å²) < 4.78 is 0. The first-order valence-electron chi connectivity index (χ1n) is 6.24. The molecule has 0 aromatic carbocycles. The summed E-state index contributed by atoms with van der Waals surface area (Å²) in [5, 5.41) is 19.0. The highest BCUT2D eigenvalue weighted by Crippen LogP contribution is 2.45. The lowest BCUT2D eigenvalue weighted by molar-refractivity contribution is 1.47. The molecule has 0 spiro atoms. The first-order chi connectivity index (χ1) is 10.1. The minimum Gasteiger partial charge on any atom is -0.192 e. The number of hydrogen-bond acceptors (Lipinski definition) is 5. The van der Waals surface area contributed by atoms with Crippen LogP contribution < -0.4 is 0 Å². The summed E-state index contributed by atoms with van der Waals surface area (Å²) in [6.45, 7) is 4.09. The van der Waals surface area contributed by atoms with Crippen LogP contribution in [-0.4, -0.2) is 0 Å². The molecule has 0 radical (unpaired) electrons. The van der Waals surface area contributed by atoms with Crippen LogP contribution in [0.15, 0.2) is 24.3 Å². The van der Waals surface area contributed by atoms with Gasteiger partial charge in [0.15, 0.2) is 0 Å². The summed E-state index contributed by atoms with van der Waals surface area (Å²) in [7, 11) is 0. The molecule has 0 saturated heterocycles. The van der Waals surface area contributed by atoms with Crippen molar-refractivity contribution in [1.29, 1.82) is 10.5 Å². The van der Waals surface area contributed by atoms with Gasteiger partial charge < -0.3 is 0 Å². The lowest BCUT2D eigenvalue weighted by Crippen LogP contribution is -1.80. The topological polar surface area (TPSA) is 47.6 Å². The van der Waals surface area contributed by atoms with Crippen molar-refractivity contribution in [2.75, 3.05) is 0 Å². The fraction of sp³-hybridized carbons (Fsp3) is 0.125. The molecule has 2 nitrogen and oxygen atoms in total. The Morgan fingerprint density at radius 1 is 0.714 bits per heavy atom. The third kappa shape index (κ3) is 2.41. The molecule has 0 N–H and O–H groups in total. The highest BCUT2D eigenvalue weighted by molar-refractivity contribution is 7.26. The minimum atomic E-state index is 0.505. The van der Waals surface area contributed by atoms with Crippen molar-refractivity contribution in [2.24, 2.45) is 0 Å². The molecule has 21 heavy (non-hydrogen) atoms. The fourth-order valence-electron chi connectivity index (χ4n) is 2.10. The van der Waals surface area contributed by atoms with E-state index in [1.807, 2.05) is 38.1 Å². The second kappa shape index (κ2) is 5.46. The van der Waals surface area contributed by atoms with Gasteiger partial charge in [0.2, 0.25) is 0 Å². The van der Waals surface area contributed by atoms with E-state index in [-0.39, 0.29) is 0 Å². The van der Waals surface area contributed by atoms with E-state index in [9.17, 15) is 10.5 Å². The van der Waals surface area contributed by atoms with Crippen LogP contribution in [0.4, 0.5) is 0 Å². The second-order valence-electron chi connectivity index (χ2n) is 4.55. The zero-order valence-electron chi connectivity index (χ0n) is 11.4. The van der Waals surface area contributed by atoms with E-state index in [4.69, 9.17) is 0 Å². The van der Waals surface area contributed by atoms with Gasteiger partial charge in [0, 0.05) is 19.5 Å². The molecule has 0 aliphatic heterocycles. The van der Waals surface area contributed by atoms with Gasteiger partial charge in [-0.1, -0.05) is 0 Å².